The Hall–Kier alpha value is -3.05. The van der Waals surface area contributed by atoms with Crippen molar-refractivity contribution in [2.24, 2.45) is 0 Å². The van der Waals surface area contributed by atoms with Gasteiger partial charge in [-0.3, -0.25) is 4.79 Å². The molecule has 0 aliphatic rings. The van der Waals surface area contributed by atoms with Crippen LogP contribution >= 0.6 is 11.6 Å². The second kappa shape index (κ2) is 9.24. The first-order chi connectivity index (χ1) is 13.6. The van der Waals surface area contributed by atoms with Crippen LogP contribution in [-0.4, -0.2) is 12.5 Å². The molecular weight excluding hydrogens is 381 g/mol. The number of halogens is 2. The zero-order valence-electron chi connectivity index (χ0n) is 15.2. The molecule has 0 saturated carbocycles. The Bertz CT molecular complexity index is 960. The van der Waals surface area contributed by atoms with Gasteiger partial charge in [-0.1, -0.05) is 23.7 Å². The molecule has 4 nitrogen and oxygen atoms in total. The summed E-state index contributed by atoms with van der Waals surface area (Å²) in [5, 5.41) is 3.24. The molecule has 3 aromatic rings. The normalized spacial score (nSPS) is 10.4. The molecule has 6 heteroatoms. The van der Waals surface area contributed by atoms with Crippen LogP contribution in [0, 0.1) is 5.82 Å². The smallest absolute Gasteiger partial charge is 0.255 e. The average molecular weight is 400 g/mol. The number of amides is 1. The number of benzene rings is 3. The maximum absolute atomic E-state index is 13.0. The van der Waals surface area contributed by atoms with E-state index in [0.717, 1.165) is 0 Å². The van der Waals surface area contributed by atoms with Gasteiger partial charge in [-0.2, -0.15) is 0 Å². The van der Waals surface area contributed by atoms with Crippen molar-refractivity contribution in [3.63, 3.8) is 0 Å². The van der Waals surface area contributed by atoms with Gasteiger partial charge in [0, 0.05) is 16.8 Å². The van der Waals surface area contributed by atoms with Gasteiger partial charge in [0.1, 0.15) is 23.9 Å². The predicted octanol–water partition coefficient (Wildman–Crippen LogP) is 5.71. The third-order valence-electron chi connectivity index (χ3n) is 3.94. The fourth-order valence-electron chi connectivity index (χ4n) is 2.58. The Morgan fingerprint density at radius 3 is 2.46 bits per heavy atom. The van der Waals surface area contributed by atoms with Gasteiger partial charge in [-0.15, -0.1) is 0 Å². The molecule has 0 aliphatic heterocycles. The lowest BCUT2D eigenvalue weighted by Gasteiger charge is -2.14. The Morgan fingerprint density at radius 2 is 1.75 bits per heavy atom. The van der Waals surface area contributed by atoms with Crippen LogP contribution in [0.5, 0.6) is 11.5 Å². The van der Waals surface area contributed by atoms with Gasteiger partial charge >= 0.3 is 0 Å². The second-order valence-electron chi connectivity index (χ2n) is 5.94. The second-order valence-corrected chi connectivity index (χ2v) is 6.34. The number of ether oxygens (including phenoxy) is 2. The molecule has 28 heavy (non-hydrogen) atoms. The maximum Gasteiger partial charge on any atom is 0.255 e. The number of hydrogen-bond acceptors (Lipinski definition) is 3. The molecule has 0 atom stereocenters. The molecule has 3 rings (SSSR count). The van der Waals surface area contributed by atoms with E-state index in [1.807, 2.05) is 19.1 Å². The van der Waals surface area contributed by atoms with E-state index < -0.39 is 0 Å². The summed E-state index contributed by atoms with van der Waals surface area (Å²) in [4.78, 5) is 12.5. The minimum absolute atomic E-state index is 0.191. The van der Waals surface area contributed by atoms with Crippen molar-refractivity contribution >= 4 is 23.2 Å². The SMILES string of the molecule is CCOc1ccc(C(=O)Nc2ccc(F)cc2)cc1COc1ccccc1Cl. The van der Waals surface area contributed by atoms with E-state index >= 15 is 0 Å². The first-order valence-corrected chi connectivity index (χ1v) is 9.14. The standard InChI is InChI=1S/C22H19ClFNO3/c1-2-27-20-12-7-15(22(26)25-18-10-8-17(24)9-11-18)13-16(20)14-28-21-6-4-3-5-19(21)23/h3-13H,2,14H2,1H3,(H,25,26). The monoisotopic (exact) mass is 399 g/mol. The Morgan fingerprint density at radius 1 is 1.00 bits per heavy atom. The number of nitrogens with one attached hydrogen (secondary N) is 1. The molecule has 144 valence electrons. The van der Waals surface area contributed by atoms with E-state index in [2.05, 4.69) is 5.32 Å². The molecular formula is C22H19ClFNO3. The van der Waals surface area contributed by atoms with Crippen LogP contribution in [0.4, 0.5) is 10.1 Å². The molecule has 0 aliphatic carbocycles. The van der Waals surface area contributed by atoms with E-state index in [1.165, 1.54) is 24.3 Å². The number of carbonyl (C=O) groups is 1. The van der Waals surface area contributed by atoms with Crippen LogP contribution in [-0.2, 0) is 6.61 Å². The number of anilines is 1. The highest BCUT2D eigenvalue weighted by molar-refractivity contribution is 6.32. The molecule has 0 unspecified atom stereocenters. The van der Waals surface area contributed by atoms with Gasteiger partial charge in [-0.05, 0) is 61.5 Å². The zero-order valence-corrected chi connectivity index (χ0v) is 16.0. The van der Waals surface area contributed by atoms with Crippen LogP contribution in [0.3, 0.4) is 0 Å². The van der Waals surface area contributed by atoms with Crippen LogP contribution < -0.4 is 14.8 Å². The van der Waals surface area contributed by atoms with Gasteiger partial charge in [0.15, 0.2) is 0 Å². The highest BCUT2D eigenvalue weighted by Crippen LogP contribution is 2.27. The molecule has 3 aromatic carbocycles. The van der Waals surface area contributed by atoms with Crippen molar-refractivity contribution < 1.29 is 18.7 Å². The van der Waals surface area contributed by atoms with Gasteiger partial charge in [-0.25, -0.2) is 4.39 Å². The fraction of sp³-hybridized carbons (Fsp3) is 0.136. The van der Waals surface area contributed by atoms with E-state index in [1.54, 1.807) is 30.3 Å². The van der Waals surface area contributed by atoms with Crippen molar-refractivity contribution in [3.05, 3.63) is 88.7 Å². The molecule has 0 bridgehead atoms. The molecule has 0 radical (unpaired) electrons. The van der Waals surface area contributed by atoms with Crippen molar-refractivity contribution in [2.45, 2.75) is 13.5 Å². The molecule has 0 heterocycles. The lowest BCUT2D eigenvalue weighted by atomic mass is 10.1. The van der Waals surface area contributed by atoms with Gasteiger partial charge in [0.05, 0.1) is 11.6 Å². The number of rotatable bonds is 7. The Balaban J connectivity index is 1.79. The van der Waals surface area contributed by atoms with E-state index in [-0.39, 0.29) is 18.3 Å². The summed E-state index contributed by atoms with van der Waals surface area (Å²) in [6.45, 7) is 2.56. The van der Waals surface area contributed by atoms with Crippen LogP contribution in [0.25, 0.3) is 0 Å². The summed E-state index contributed by atoms with van der Waals surface area (Å²) in [5.74, 6) is 0.507. The topological polar surface area (TPSA) is 47.6 Å². The molecule has 0 saturated heterocycles. The van der Waals surface area contributed by atoms with Crippen LogP contribution in [0.15, 0.2) is 66.7 Å². The van der Waals surface area contributed by atoms with Gasteiger partial charge in [0.25, 0.3) is 5.91 Å². The molecule has 1 amide bonds. The van der Waals surface area contributed by atoms with Crippen molar-refractivity contribution in [2.75, 3.05) is 11.9 Å². The summed E-state index contributed by atoms with van der Waals surface area (Å²) in [6, 6.07) is 17.9. The average Bonchev–Trinajstić information content (AvgIpc) is 2.70. The van der Waals surface area contributed by atoms with Crippen molar-refractivity contribution in [3.8, 4) is 11.5 Å². The summed E-state index contributed by atoms with van der Waals surface area (Å²) in [7, 11) is 0. The molecule has 0 aromatic heterocycles. The van der Waals surface area contributed by atoms with Crippen LogP contribution in [0.2, 0.25) is 5.02 Å². The van der Waals surface area contributed by atoms with E-state index in [9.17, 15) is 9.18 Å². The minimum Gasteiger partial charge on any atom is -0.493 e. The van der Waals surface area contributed by atoms with E-state index in [0.29, 0.717) is 39.9 Å². The summed E-state index contributed by atoms with van der Waals surface area (Å²) >= 11 is 6.13. The van der Waals surface area contributed by atoms with Crippen molar-refractivity contribution in [1.82, 2.24) is 0 Å². The zero-order chi connectivity index (χ0) is 19.9. The van der Waals surface area contributed by atoms with E-state index in [4.69, 9.17) is 21.1 Å². The highest BCUT2D eigenvalue weighted by atomic mass is 35.5. The van der Waals surface area contributed by atoms with Crippen molar-refractivity contribution in [1.29, 1.82) is 0 Å². The largest absolute Gasteiger partial charge is 0.493 e. The Kier molecular flexibility index (Phi) is 6.50. The van der Waals surface area contributed by atoms with Crippen LogP contribution in [0.1, 0.15) is 22.8 Å². The summed E-state index contributed by atoms with van der Waals surface area (Å²) in [6.07, 6.45) is 0. The number of carbonyl (C=O) groups excluding carboxylic acids is 1. The lowest BCUT2D eigenvalue weighted by Crippen LogP contribution is -2.13. The molecule has 0 fully saturated rings. The quantitative estimate of drug-likeness (QED) is 0.553. The third-order valence-corrected chi connectivity index (χ3v) is 4.26. The first-order valence-electron chi connectivity index (χ1n) is 8.77. The highest BCUT2D eigenvalue weighted by Gasteiger charge is 2.12. The molecule has 0 spiro atoms. The predicted molar refractivity (Wildman–Crippen MR) is 108 cm³/mol. The van der Waals surface area contributed by atoms with Gasteiger partial charge in [0.2, 0.25) is 0 Å². The minimum atomic E-state index is -0.363. The Labute approximate surface area is 167 Å². The number of hydrogen-bond donors (Lipinski definition) is 1. The molecule has 1 N–H and O–H groups in total. The lowest BCUT2D eigenvalue weighted by molar-refractivity contribution is 0.102. The third kappa shape index (κ3) is 5.02. The maximum atomic E-state index is 13.0. The number of para-hydroxylation sites is 1. The fourth-order valence-corrected chi connectivity index (χ4v) is 2.77. The summed E-state index contributed by atoms with van der Waals surface area (Å²) in [5.41, 5.74) is 1.66. The first kappa shape index (κ1) is 19.7. The summed E-state index contributed by atoms with van der Waals surface area (Å²) < 4.78 is 24.4. The van der Waals surface area contributed by atoms with Gasteiger partial charge < -0.3 is 14.8 Å².